The molecule has 0 atom stereocenters. The van der Waals surface area contributed by atoms with E-state index < -0.39 is 0 Å². The molecule has 37 heavy (non-hydrogen) atoms. The van der Waals surface area contributed by atoms with Crippen LogP contribution in [0.2, 0.25) is 0 Å². The monoisotopic (exact) mass is 530 g/mol. The molecule has 2 aliphatic heterocycles. The predicted molar refractivity (Wildman–Crippen MR) is 148 cm³/mol. The highest BCUT2D eigenvalue weighted by atomic mass is 32.2. The Hall–Kier alpha value is -3.76. The number of rotatable bonds is 4. The Balaban J connectivity index is 1.32. The fraction of sp³-hybridized carbons (Fsp3) is 0.185. The van der Waals surface area contributed by atoms with Crippen LogP contribution in [0.15, 0.2) is 74.4 Å². The molecule has 186 valence electrons. The number of methoxy groups -OCH3 is 1. The number of thioether (sulfide) groups is 2. The first-order valence-electron chi connectivity index (χ1n) is 11.7. The predicted octanol–water partition coefficient (Wildman–Crippen LogP) is 6.17. The molecule has 3 aromatic rings. The summed E-state index contributed by atoms with van der Waals surface area (Å²) >= 11 is 2.97. The highest BCUT2D eigenvalue weighted by molar-refractivity contribution is 8.19. The average Bonchev–Trinajstić information content (AvgIpc) is 3.53. The van der Waals surface area contributed by atoms with Gasteiger partial charge in [0.25, 0.3) is 11.6 Å². The minimum absolute atomic E-state index is 0.0544. The number of amides is 1. The fourth-order valence-electron chi connectivity index (χ4n) is 4.83. The van der Waals surface area contributed by atoms with Crippen LogP contribution in [-0.4, -0.2) is 41.6 Å². The summed E-state index contributed by atoms with van der Waals surface area (Å²) < 4.78 is 5.37. The molecule has 1 fully saturated rings. The van der Waals surface area contributed by atoms with E-state index >= 15 is 0 Å². The number of aliphatic imine (C=N–C) groups is 1. The first-order chi connectivity index (χ1) is 17.9. The molecule has 0 bridgehead atoms. The van der Waals surface area contributed by atoms with Crippen molar-refractivity contribution in [3.63, 3.8) is 0 Å². The summed E-state index contributed by atoms with van der Waals surface area (Å²) in [4.78, 5) is 34.6. The molecule has 0 spiro atoms. The number of likely N-dealkylation sites (N-methyl/N-ethyl adjacent to an activating group) is 1. The molecule has 8 nitrogen and oxygen atoms in total. The largest absolute Gasteiger partial charge is 0.497 e. The Kier molecular flexibility index (Phi) is 5.73. The maximum atomic E-state index is 13.4. The zero-order valence-electron chi connectivity index (χ0n) is 20.3. The summed E-state index contributed by atoms with van der Waals surface area (Å²) in [5, 5.41) is 12.7. The van der Waals surface area contributed by atoms with Gasteiger partial charge < -0.3 is 9.64 Å². The maximum Gasteiger partial charge on any atom is 0.269 e. The van der Waals surface area contributed by atoms with Crippen molar-refractivity contribution in [2.24, 2.45) is 4.99 Å². The number of hydrogen-bond donors (Lipinski definition) is 0. The molecule has 1 amide bonds. The standard InChI is InChI=1S/C27H22N4O4S2/c1-4-30-25(32)24(26-29(2)22-14-19(35-3)7-10-23(22)36-26)37-27(30)28-17-5-8-20-15(12-17)11-16-13-18(31(33)34)6-9-21(16)20/h5-10,12-14H,4,11H2,1-3H3. The molecule has 3 aromatic carbocycles. The van der Waals surface area contributed by atoms with Crippen LogP contribution in [0.1, 0.15) is 18.1 Å². The van der Waals surface area contributed by atoms with Gasteiger partial charge in [0, 0.05) is 36.7 Å². The topological polar surface area (TPSA) is 88.3 Å². The summed E-state index contributed by atoms with van der Waals surface area (Å²) in [6, 6.07) is 16.9. The number of nitro benzene ring substituents is 1. The Morgan fingerprint density at radius 1 is 1.05 bits per heavy atom. The second-order valence-corrected chi connectivity index (χ2v) is 10.8. The van der Waals surface area contributed by atoms with E-state index in [4.69, 9.17) is 9.73 Å². The number of carbonyl (C=O) groups is 1. The van der Waals surface area contributed by atoms with E-state index in [0.717, 1.165) is 49.3 Å². The molecule has 1 saturated heterocycles. The summed E-state index contributed by atoms with van der Waals surface area (Å²) in [7, 11) is 3.60. The number of amidine groups is 1. The first kappa shape index (κ1) is 23.6. The Morgan fingerprint density at radius 3 is 2.54 bits per heavy atom. The van der Waals surface area contributed by atoms with Gasteiger partial charge in [0.05, 0.1) is 28.4 Å². The van der Waals surface area contributed by atoms with E-state index in [1.54, 1.807) is 35.9 Å². The third-order valence-corrected chi connectivity index (χ3v) is 9.13. The number of anilines is 1. The SMILES string of the molecule is CCN1C(=O)C(=C2Sc3ccc(OC)cc3N2C)SC1=Nc1ccc2c(c1)Cc1cc([N+](=O)[O-])ccc1-2. The van der Waals surface area contributed by atoms with E-state index in [-0.39, 0.29) is 16.5 Å². The normalized spacial score (nSPS) is 18.9. The lowest BCUT2D eigenvalue weighted by Crippen LogP contribution is -2.29. The molecule has 0 radical (unpaired) electrons. The van der Waals surface area contributed by atoms with Crippen LogP contribution in [0.4, 0.5) is 17.1 Å². The quantitative estimate of drug-likeness (QED) is 0.177. The average molecular weight is 531 g/mol. The van der Waals surface area contributed by atoms with Crippen molar-refractivity contribution in [3.8, 4) is 16.9 Å². The molecular formula is C27H22N4O4S2. The third kappa shape index (κ3) is 3.87. The number of carbonyl (C=O) groups excluding carboxylic acids is 1. The zero-order chi connectivity index (χ0) is 25.8. The van der Waals surface area contributed by atoms with Crippen LogP contribution in [0, 0.1) is 10.1 Å². The number of non-ortho nitro benzene ring substituents is 1. The van der Waals surface area contributed by atoms with E-state index in [1.807, 2.05) is 61.3 Å². The van der Waals surface area contributed by atoms with Gasteiger partial charge in [-0.15, -0.1) is 0 Å². The van der Waals surface area contributed by atoms with Crippen molar-refractivity contribution >= 4 is 51.7 Å². The fourth-order valence-corrected chi connectivity index (χ4v) is 7.21. The number of ether oxygens (including phenoxy) is 1. The van der Waals surface area contributed by atoms with E-state index in [0.29, 0.717) is 23.0 Å². The first-order valence-corrected chi connectivity index (χ1v) is 13.3. The van der Waals surface area contributed by atoms with Crippen LogP contribution >= 0.6 is 23.5 Å². The second kappa shape index (κ2) is 8.97. The summed E-state index contributed by atoms with van der Waals surface area (Å²) in [6.07, 6.45) is 0.618. The molecule has 2 heterocycles. The van der Waals surface area contributed by atoms with Crippen LogP contribution in [-0.2, 0) is 11.2 Å². The van der Waals surface area contributed by atoms with Gasteiger partial charge >= 0.3 is 0 Å². The van der Waals surface area contributed by atoms with Crippen LogP contribution < -0.4 is 9.64 Å². The van der Waals surface area contributed by atoms with Gasteiger partial charge in [-0.05, 0) is 77.7 Å². The van der Waals surface area contributed by atoms with E-state index in [9.17, 15) is 14.9 Å². The summed E-state index contributed by atoms with van der Waals surface area (Å²) in [5.74, 6) is 0.717. The number of benzene rings is 3. The van der Waals surface area contributed by atoms with Crippen LogP contribution in [0.3, 0.4) is 0 Å². The molecule has 0 aromatic heterocycles. The Bertz CT molecular complexity index is 1570. The molecule has 3 aliphatic rings. The number of nitro groups is 1. The van der Waals surface area contributed by atoms with Crippen molar-refractivity contribution < 1.29 is 14.5 Å². The number of nitrogens with zero attached hydrogens (tertiary/aromatic N) is 4. The third-order valence-electron chi connectivity index (χ3n) is 6.70. The highest BCUT2D eigenvalue weighted by Gasteiger charge is 2.38. The summed E-state index contributed by atoms with van der Waals surface area (Å²) in [6.45, 7) is 2.45. The molecule has 0 unspecified atom stereocenters. The molecule has 0 saturated carbocycles. The van der Waals surface area contributed by atoms with Gasteiger partial charge in [0.1, 0.15) is 10.7 Å². The highest BCUT2D eigenvalue weighted by Crippen LogP contribution is 2.51. The second-order valence-electron chi connectivity index (χ2n) is 8.79. The summed E-state index contributed by atoms with van der Waals surface area (Å²) in [5.41, 5.74) is 5.96. The smallest absolute Gasteiger partial charge is 0.269 e. The van der Waals surface area contributed by atoms with Crippen LogP contribution in [0.5, 0.6) is 5.75 Å². The van der Waals surface area contributed by atoms with Crippen molar-refractivity contribution in [1.29, 1.82) is 0 Å². The number of hydrogen-bond acceptors (Lipinski definition) is 8. The maximum absolute atomic E-state index is 13.4. The lowest BCUT2D eigenvalue weighted by atomic mass is 10.1. The molecule has 10 heteroatoms. The van der Waals surface area contributed by atoms with Crippen molar-refractivity contribution in [2.45, 2.75) is 18.2 Å². The molecule has 1 aliphatic carbocycles. The van der Waals surface area contributed by atoms with Gasteiger partial charge in [-0.1, -0.05) is 17.8 Å². The zero-order valence-corrected chi connectivity index (χ0v) is 22.0. The molecule has 6 rings (SSSR count). The Morgan fingerprint density at radius 2 is 1.81 bits per heavy atom. The van der Waals surface area contributed by atoms with Crippen LogP contribution in [0.25, 0.3) is 11.1 Å². The van der Waals surface area contributed by atoms with Gasteiger partial charge in [0.15, 0.2) is 5.17 Å². The Labute approximate surface area is 222 Å². The molecule has 0 N–H and O–H groups in total. The lowest BCUT2D eigenvalue weighted by molar-refractivity contribution is -0.384. The van der Waals surface area contributed by atoms with E-state index in [2.05, 4.69) is 0 Å². The number of fused-ring (bicyclic) bond motifs is 4. The van der Waals surface area contributed by atoms with Gasteiger partial charge in [-0.25, -0.2) is 4.99 Å². The molecular weight excluding hydrogens is 508 g/mol. The van der Waals surface area contributed by atoms with Gasteiger partial charge in [0.2, 0.25) is 0 Å². The minimum atomic E-state index is -0.366. The van der Waals surface area contributed by atoms with Crippen molar-refractivity contribution in [2.75, 3.05) is 25.6 Å². The minimum Gasteiger partial charge on any atom is -0.497 e. The van der Waals surface area contributed by atoms with Crippen molar-refractivity contribution in [3.05, 3.63) is 85.8 Å². The van der Waals surface area contributed by atoms with Gasteiger partial charge in [-0.2, -0.15) is 0 Å². The lowest BCUT2D eigenvalue weighted by Gasteiger charge is -2.15. The van der Waals surface area contributed by atoms with E-state index in [1.165, 1.54) is 11.8 Å². The van der Waals surface area contributed by atoms with Crippen molar-refractivity contribution in [1.82, 2.24) is 4.90 Å². The van der Waals surface area contributed by atoms with Gasteiger partial charge in [-0.3, -0.25) is 19.8 Å².